The van der Waals surface area contributed by atoms with Crippen molar-refractivity contribution in [3.8, 4) is 0 Å². The van der Waals surface area contributed by atoms with Crippen LogP contribution >= 0.6 is 0 Å². The van der Waals surface area contributed by atoms with Gasteiger partial charge in [-0.05, 0) is 19.1 Å². The molecule has 1 aromatic carbocycles. The molecule has 1 aliphatic rings. The molecular formula is C14H22N2O3S. The highest BCUT2D eigenvalue weighted by Gasteiger charge is 2.22. The zero-order valence-corrected chi connectivity index (χ0v) is 13.4. The van der Waals surface area contributed by atoms with Crippen LogP contribution in [0.15, 0.2) is 29.3 Å². The molecular weight excluding hydrogens is 276 g/mol. The van der Waals surface area contributed by atoms with Gasteiger partial charge in [-0.15, -0.1) is 0 Å². The van der Waals surface area contributed by atoms with E-state index in [2.05, 4.69) is 4.99 Å². The van der Waals surface area contributed by atoms with E-state index in [1.165, 1.54) is 17.6 Å². The lowest BCUT2D eigenvalue weighted by molar-refractivity contribution is 0.324. The first kappa shape index (κ1) is 16.5. The van der Waals surface area contributed by atoms with E-state index < -0.39 is 10.0 Å². The van der Waals surface area contributed by atoms with Crippen molar-refractivity contribution in [2.24, 2.45) is 4.99 Å². The smallest absolute Gasteiger partial charge is 0.232 e. The van der Waals surface area contributed by atoms with Gasteiger partial charge in [0.2, 0.25) is 15.9 Å². The van der Waals surface area contributed by atoms with Gasteiger partial charge in [0, 0.05) is 7.05 Å². The number of sulfonamides is 1. The number of anilines is 1. The fraction of sp³-hybridized carbons (Fsp3) is 0.500. The molecule has 1 unspecified atom stereocenters. The number of hydrogen-bond acceptors (Lipinski definition) is 4. The van der Waals surface area contributed by atoms with Gasteiger partial charge in [0.1, 0.15) is 6.61 Å². The van der Waals surface area contributed by atoms with Crippen LogP contribution < -0.4 is 4.31 Å². The highest BCUT2D eigenvalue weighted by atomic mass is 32.2. The lowest BCUT2D eigenvalue weighted by atomic mass is 10.2. The van der Waals surface area contributed by atoms with Crippen molar-refractivity contribution in [1.29, 1.82) is 0 Å². The molecule has 0 radical (unpaired) electrons. The van der Waals surface area contributed by atoms with Gasteiger partial charge in [0.05, 0.1) is 23.5 Å². The minimum Gasteiger partial charge on any atom is -0.475 e. The van der Waals surface area contributed by atoms with Gasteiger partial charge < -0.3 is 4.74 Å². The molecule has 1 aromatic rings. The van der Waals surface area contributed by atoms with Crippen molar-refractivity contribution in [2.45, 2.75) is 26.8 Å². The van der Waals surface area contributed by atoms with Crippen molar-refractivity contribution in [3.05, 3.63) is 29.8 Å². The molecule has 0 N–H and O–H groups in total. The maximum Gasteiger partial charge on any atom is 0.232 e. The van der Waals surface area contributed by atoms with Gasteiger partial charge in [-0.2, -0.15) is 0 Å². The number of ether oxygens (including phenoxy) is 1. The summed E-state index contributed by atoms with van der Waals surface area (Å²) in [6.07, 6.45) is 1.17. The molecule has 1 heterocycles. The van der Waals surface area contributed by atoms with Crippen LogP contribution in [-0.4, -0.2) is 40.3 Å². The molecule has 5 nitrogen and oxygen atoms in total. The first-order valence-electron chi connectivity index (χ1n) is 6.63. The van der Waals surface area contributed by atoms with E-state index in [4.69, 9.17) is 4.74 Å². The maximum absolute atomic E-state index is 11.6. The topological polar surface area (TPSA) is 59.0 Å². The highest BCUT2D eigenvalue weighted by Crippen LogP contribution is 2.24. The van der Waals surface area contributed by atoms with Gasteiger partial charge in [-0.1, -0.05) is 26.0 Å². The fourth-order valence-corrected chi connectivity index (χ4v) is 2.25. The van der Waals surface area contributed by atoms with Crippen molar-refractivity contribution in [1.82, 2.24) is 0 Å². The number of benzene rings is 1. The third-order valence-electron chi connectivity index (χ3n) is 2.77. The Bertz CT molecular complexity index is 582. The third kappa shape index (κ3) is 3.72. The third-order valence-corrected chi connectivity index (χ3v) is 3.96. The Morgan fingerprint density at radius 3 is 2.40 bits per heavy atom. The number of hydrogen-bond donors (Lipinski definition) is 0. The van der Waals surface area contributed by atoms with E-state index >= 15 is 0 Å². The number of aliphatic imine (C=N–C) groups is 1. The number of rotatable bonds is 3. The minimum absolute atomic E-state index is 0.108. The highest BCUT2D eigenvalue weighted by molar-refractivity contribution is 7.92. The van der Waals surface area contributed by atoms with Gasteiger partial charge in [-0.25, -0.2) is 13.4 Å². The Labute approximate surface area is 121 Å². The summed E-state index contributed by atoms with van der Waals surface area (Å²) in [7, 11) is -1.78. The zero-order chi connectivity index (χ0) is 15.3. The van der Waals surface area contributed by atoms with Crippen LogP contribution in [0.25, 0.3) is 0 Å². The normalized spacial score (nSPS) is 17.6. The van der Waals surface area contributed by atoms with Gasteiger partial charge in [0.15, 0.2) is 0 Å². The SMILES string of the molecule is CC.CC1COC(c2ccccc2N(C)S(C)(=O)=O)=N1. The summed E-state index contributed by atoms with van der Waals surface area (Å²) >= 11 is 0. The Balaban J connectivity index is 0.000000956. The van der Waals surface area contributed by atoms with Gasteiger partial charge in [0.25, 0.3) is 0 Å². The first-order valence-corrected chi connectivity index (χ1v) is 8.48. The standard InChI is InChI=1S/C12H16N2O3S.C2H6/c1-9-8-17-12(13-9)10-6-4-5-7-11(10)14(2)18(3,15)16;1-2/h4-7,9H,8H2,1-3H3;1-2H3. The number of para-hydroxylation sites is 1. The Kier molecular flexibility index (Phi) is 5.56. The minimum atomic E-state index is -3.30. The van der Waals surface area contributed by atoms with E-state index in [-0.39, 0.29) is 6.04 Å². The van der Waals surface area contributed by atoms with E-state index in [0.717, 1.165) is 0 Å². The second-order valence-corrected chi connectivity index (χ2v) is 6.36. The summed E-state index contributed by atoms with van der Waals surface area (Å²) < 4.78 is 29.9. The van der Waals surface area contributed by atoms with E-state index in [9.17, 15) is 8.42 Å². The molecule has 1 aliphatic heterocycles. The van der Waals surface area contributed by atoms with Crippen LogP contribution in [-0.2, 0) is 14.8 Å². The van der Waals surface area contributed by atoms with Crippen molar-refractivity contribution in [3.63, 3.8) is 0 Å². The van der Waals surface area contributed by atoms with Crippen LogP contribution in [0.1, 0.15) is 26.3 Å². The summed E-state index contributed by atoms with van der Waals surface area (Å²) in [5.41, 5.74) is 1.28. The van der Waals surface area contributed by atoms with Crippen molar-refractivity contribution < 1.29 is 13.2 Å². The monoisotopic (exact) mass is 298 g/mol. The Morgan fingerprint density at radius 1 is 1.30 bits per heavy atom. The van der Waals surface area contributed by atoms with E-state index in [1.54, 1.807) is 12.1 Å². The second-order valence-electron chi connectivity index (χ2n) is 4.34. The Hall–Kier alpha value is -1.56. The number of nitrogens with zero attached hydrogens (tertiary/aromatic N) is 2. The summed E-state index contributed by atoms with van der Waals surface area (Å²) in [5.74, 6) is 0.508. The van der Waals surface area contributed by atoms with E-state index in [0.29, 0.717) is 23.8 Å². The average Bonchev–Trinajstić information content (AvgIpc) is 2.86. The summed E-state index contributed by atoms with van der Waals surface area (Å²) in [6, 6.07) is 7.29. The predicted molar refractivity (Wildman–Crippen MR) is 83.0 cm³/mol. The molecule has 1 atom stereocenters. The molecule has 2 rings (SSSR count). The van der Waals surface area contributed by atoms with Crippen molar-refractivity contribution >= 4 is 21.6 Å². The van der Waals surface area contributed by atoms with Crippen LogP contribution in [0, 0.1) is 0 Å². The molecule has 0 aliphatic carbocycles. The molecule has 0 spiro atoms. The molecule has 20 heavy (non-hydrogen) atoms. The quantitative estimate of drug-likeness (QED) is 0.860. The maximum atomic E-state index is 11.6. The molecule has 0 saturated carbocycles. The van der Waals surface area contributed by atoms with Gasteiger partial charge >= 0.3 is 0 Å². The zero-order valence-electron chi connectivity index (χ0n) is 12.6. The largest absolute Gasteiger partial charge is 0.475 e. The van der Waals surface area contributed by atoms with Crippen LogP contribution in [0.2, 0.25) is 0 Å². The van der Waals surface area contributed by atoms with Crippen LogP contribution in [0.5, 0.6) is 0 Å². The first-order chi connectivity index (χ1) is 9.39. The molecule has 0 bridgehead atoms. The average molecular weight is 298 g/mol. The summed E-state index contributed by atoms with van der Waals surface area (Å²) in [6.45, 7) is 6.49. The molecule has 0 aromatic heterocycles. The van der Waals surface area contributed by atoms with Crippen LogP contribution in [0.4, 0.5) is 5.69 Å². The molecule has 0 saturated heterocycles. The molecule has 0 amide bonds. The summed E-state index contributed by atoms with van der Waals surface area (Å²) in [5, 5.41) is 0. The lowest BCUT2D eigenvalue weighted by Crippen LogP contribution is -2.26. The van der Waals surface area contributed by atoms with Crippen molar-refractivity contribution in [2.75, 3.05) is 24.2 Å². The van der Waals surface area contributed by atoms with E-state index in [1.807, 2.05) is 32.9 Å². The molecule has 0 fully saturated rings. The Morgan fingerprint density at radius 2 is 1.90 bits per heavy atom. The molecule has 6 heteroatoms. The lowest BCUT2D eigenvalue weighted by Gasteiger charge is -2.19. The molecule has 112 valence electrons. The fourth-order valence-electron chi connectivity index (χ4n) is 1.73. The summed E-state index contributed by atoms with van der Waals surface area (Å²) in [4.78, 5) is 4.36. The van der Waals surface area contributed by atoms with Gasteiger partial charge in [-0.3, -0.25) is 4.31 Å². The second kappa shape index (κ2) is 6.74. The predicted octanol–water partition coefficient (Wildman–Crippen LogP) is 2.27. The van der Waals surface area contributed by atoms with Crippen LogP contribution in [0.3, 0.4) is 0 Å².